The number of hydrogen-bond donors (Lipinski definition) is 1. The summed E-state index contributed by atoms with van der Waals surface area (Å²) in [5.74, 6) is 0.338. The minimum Gasteiger partial charge on any atom is -0.495 e. The van der Waals surface area contributed by atoms with Crippen LogP contribution in [0.15, 0.2) is 42.5 Å². The van der Waals surface area contributed by atoms with Crippen molar-refractivity contribution in [2.45, 2.75) is 19.5 Å². The van der Waals surface area contributed by atoms with Gasteiger partial charge in [0.1, 0.15) is 17.6 Å². The highest BCUT2D eigenvalue weighted by Gasteiger charge is 2.10. The van der Waals surface area contributed by atoms with E-state index in [0.717, 1.165) is 5.56 Å². The molecule has 2 rings (SSSR count). The average molecular weight is 284 g/mol. The van der Waals surface area contributed by atoms with Gasteiger partial charge in [0.15, 0.2) is 0 Å². The number of nitrogens with one attached hydrogen (secondary N) is 1. The number of rotatable bonds is 5. The molecule has 0 aliphatic heterocycles. The summed E-state index contributed by atoms with van der Waals surface area (Å²) < 4.78 is 18.9. The molecule has 108 valence electrons. The van der Waals surface area contributed by atoms with Crippen molar-refractivity contribution in [3.8, 4) is 11.8 Å². The molecular weight excluding hydrogens is 267 g/mol. The molecule has 4 heteroatoms. The Kier molecular flexibility index (Phi) is 4.91. The van der Waals surface area contributed by atoms with Crippen LogP contribution in [-0.4, -0.2) is 7.11 Å². The summed E-state index contributed by atoms with van der Waals surface area (Å²) in [7, 11) is 1.54. The van der Waals surface area contributed by atoms with E-state index in [1.807, 2.05) is 25.1 Å². The van der Waals surface area contributed by atoms with E-state index in [9.17, 15) is 4.39 Å². The first kappa shape index (κ1) is 15.0. The fraction of sp³-hybridized carbons (Fsp3) is 0.235. The Hall–Kier alpha value is -2.38. The highest BCUT2D eigenvalue weighted by molar-refractivity contribution is 5.45. The number of halogens is 1. The molecule has 0 radical (unpaired) electrons. The maximum absolute atomic E-state index is 13.7. The second-order valence-electron chi connectivity index (χ2n) is 4.77. The molecule has 0 spiro atoms. The topological polar surface area (TPSA) is 45.0 Å². The van der Waals surface area contributed by atoms with Crippen LogP contribution in [0.1, 0.15) is 29.7 Å². The van der Waals surface area contributed by atoms with Crippen LogP contribution in [0.25, 0.3) is 0 Å². The van der Waals surface area contributed by atoms with E-state index in [1.165, 1.54) is 13.2 Å². The van der Waals surface area contributed by atoms with Gasteiger partial charge in [0.25, 0.3) is 0 Å². The Bertz CT molecular complexity index is 664. The number of methoxy groups -OCH3 is 1. The van der Waals surface area contributed by atoms with Gasteiger partial charge in [-0.3, -0.25) is 0 Å². The standard InChI is InChI=1S/C17H17FN2O/c1-12(15-5-3-4-6-16(15)18)20-11-13-7-8-14(10-19)17(9-13)21-2/h3-9,12,20H,11H2,1-2H3. The van der Waals surface area contributed by atoms with Gasteiger partial charge >= 0.3 is 0 Å². The summed E-state index contributed by atoms with van der Waals surface area (Å²) in [6, 6.07) is 14.1. The fourth-order valence-electron chi connectivity index (χ4n) is 2.15. The van der Waals surface area contributed by atoms with Crippen molar-refractivity contribution < 1.29 is 9.13 Å². The molecule has 1 atom stereocenters. The zero-order valence-electron chi connectivity index (χ0n) is 12.1. The molecule has 0 saturated heterocycles. The lowest BCUT2D eigenvalue weighted by atomic mass is 10.1. The SMILES string of the molecule is COc1cc(CNC(C)c2ccccc2F)ccc1C#N. The summed E-state index contributed by atoms with van der Waals surface area (Å²) in [5.41, 5.74) is 2.12. The normalized spacial score (nSPS) is 11.7. The summed E-state index contributed by atoms with van der Waals surface area (Å²) >= 11 is 0. The molecule has 0 aromatic heterocycles. The molecule has 0 aliphatic rings. The van der Waals surface area contributed by atoms with E-state index in [4.69, 9.17) is 10.00 Å². The maximum atomic E-state index is 13.7. The van der Waals surface area contributed by atoms with Gasteiger partial charge in [0, 0.05) is 18.2 Å². The molecule has 0 heterocycles. The summed E-state index contributed by atoms with van der Waals surface area (Å²) in [5, 5.41) is 12.2. The number of ether oxygens (including phenoxy) is 1. The third-order valence-electron chi connectivity index (χ3n) is 3.37. The van der Waals surface area contributed by atoms with Crippen molar-refractivity contribution in [3.05, 3.63) is 65.0 Å². The van der Waals surface area contributed by atoms with E-state index in [1.54, 1.807) is 18.2 Å². The first-order chi connectivity index (χ1) is 10.2. The lowest BCUT2D eigenvalue weighted by Gasteiger charge is -2.15. The third kappa shape index (κ3) is 3.59. The van der Waals surface area contributed by atoms with Crippen LogP contribution in [-0.2, 0) is 6.54 Å². The summed E-state index contributed by atoms with van der Waals surface area (Å²) in [6.07, 6.45) is 0. The molecule has 1 N–H and O–H groups in total. The molecule has 0 aliphatic carbocycles. The molecular formula is C17H17FN2O. The Morgan fingerprint density at radius 3 is 2.71 bits per heavy atom. The van der Waals surface area contributed by atoms with Crippen LogP contribution in [0.5, 0.6) is 5.75 Å². The van der Waals surface area contributed by atoms with Crippen molar-refractivity contribution in [2.75, 3.05) is 7.11 Å². The van der Waals surface area contributed by atoms with Crippen molar-refractivity contribution in [1.29, 1.82) is 5.26 Å². The molecule has 0 amide bonds. The highest BCUT2D eigenvalue weighted by atomic mass is 19.1. The lowest BCUT2D eigenvalue weighted by molar-refractivity contribution is 0.412. The molecule has 21 heavy (non-hydrogen) atoms. The number of nitriles is 1. The zero-order valence-corrected chi connectivity index (χ0v) is 12.1. The predicted molar refractivity (Wildman–Crippen MR) is 79.4 cm³/mol. The molecule has 0 bridgehead atoms. The van der Waals surface area contributed by atoms with Crippen LogP contribution in [0, 0.1) is 17.1 Å². The number of hydrogen-bond acceptors (Lipinski definition) is 3. The molecule has 2 aromatic rings. The first-order valence-electron chi connectivity index (χ1n) is 6.70. The second-order valence-corrected chi connectivity index (χ2v) is 4.77. The Balaban J connectivity index is 2.07. The van der Waals surface area contributed by atoms with E-state index in [2.05, 4.69) is 11.4 Å². The largest absolute Gasteiger partial charge is 0.495 e. The summed E-state index contributed by atoms with van der Waals surface area (Å²) in [4.78, 5) is 0. The lowest BCUT2D eigenvalue weighted by Crippen LogP contribution is -2.19. The van der Waals surface area contributed by atoms with E-state index in [-0.39, 0.29) is 11.9 Å². The van der Waals surface area contributed by atoms with Crippen LogP contribution < -0.4 is 10.1 Å². The first-order valence-corrected chi connectivity index (χ1v) is 6.70. The van der Waals surface area contributed by atoms with Crippen LogP contribution in [0.2, 0.25) is 0 Å². The van der Waals surface area contributed by atoms with Gasteiger partial charge in [-0.1, -0.05) is 24.3 Å². The minimum atomic E-state index is -0.213. The summed E-state index contributed by atoms with van der Waals surface area (Å²) in [6.45, 7) is 2.48. The maximum Gasteiger partial charge on any atom is 0.136 e. The van der Waals surface area contributed by atoms with Crippen LogP contribution in [0.4, 0.5) is 4.39 Å². The Labute approximate surface area is 124 Å². The third-order valence-corrected chi connectivity index (χ3v) is 3.37. The molecule has 3 nitrogen and oxygen atoms in total. The van der Waals surface area contributed by atoms with Gasteiger partial charge in [-0.2, -0.15) is 5.26 Å². The molecule has 0 fully saturated rings. The zero-order chi connectivity index (χ0) is 15.2. The number of nitrogens with zero attached hydrogens (tertiary/aromatic N) is 1. The number of benzene rings is 2. The van der Waals surface area contributed by atoms with Crippen molar-refractivity contribution in [2.24, 2.45) is 0 Å². The van der Waals surface area contributed by atoms with Crippen LogP contribution in [0.3, 0.4) is 0 Å². The van der Waals surface area contributed by atoms with Crippen molar-refractivity contribution >= 4 is 0 Å². The van der Waals surface area contributed by atoms with Gasteiger partial charge in [-0.15, -0.1) is 0 Å². The predicted octanol–water partition coefficient (Wildman–Crippen LogP) is 3.56. The van der Waals surface area contributed by atoms with Crippen LogP contribution >= 0.6 is 0 Å². The monoisotopic (exact) mass is 284 g/mol. The quantitative estimate of drug-likeness (QED) is 0.913. The van der Waals surface area contributed by atoms with Gasteiger partial charge in [-0.25, -0.2) is 4.39 Å². The van der Waals surface area contributed by atoms with Gasteiger partial charge in [-0.05, 0) is 30.7 Å². The molecule has 0 saturated carbocycles. The molecule has 2 aromatic carbocycles. The fourth-order valence-corrected chi connectivity index (χ4v) is 2.15. The Morgan fingerprint density at radius 2 is 2.05 bits per heavy atom. The van der Waals surface area contributed by atoms with Gasteiger partial charge in [0.05, 0.1) is 12.7 Å². The van der Waals surface area contributed by atoms with E-state index < -0.39 is 0 Å². The Morgan fingerprint density at radius 1 is 1.29 bits per heavy atom. The van der Waals surface area contributed by atoms with Gasteiger partial charge in [0.2, 0.25) is 0 Å². The minimum absolute atomic E-state index is 0.104. The van der Waals surface area contributed by atoms with E-state index >= 15 is 0 Å². The average Bonchev–Trinajstić information content (AvgIpc) is 2.52. The smallest absolute Gasteiger partial charge is 0.136 e. The van der Waals surface area contributed by atoms with Crippen molar-refractivity contribution in [1.82, 2.24) is 5.32 Å². The highest BCUT2D eigenvalue weighted by Crippen LogP contribution is 2.21. The molecule has 1 unspecified atom stereocenters. The second kappa shape index (κ2) is 6.87. The van der Waals surface area contributed by atoms with Crippen molar-refractivity contribution in [3.63, 3.8) is 0 Å². The van der Waals surface area contributed by atoms with Gasteiger partial charge < -0.3 is 10.1 Å². The van der Waals surface area contributed by atoms with E-state index in [0.29, 0.717) is 23.4 Å².